The number of nitrogens with one attached hydrogen (secondary N) is 1. The van der Waals surface area contributed by atoms with Crippen molar-refractivity contribution < 1.29 is 4.42 Å². The van der Waals surface area contributed by atoms with Crippen molar-refractivity contribution in [2.24, 2.45) is 0 Å². The fraction of sp³-hybridized carbons (Fsp3) is 0.556. The van der Waals surface area contributed by atoms with Gasteiger partial charge in [-0.1, -0.05) is 6.92 Å². The SMILES string of the molecule is CCC1CNCc2ccoc21. The van der Waals surface area contributed by atoms with E-state index in [1.54, 1.807) is 6.26 Å². The first-order chi connectivity index (χ1) is 5.42. The van der Waals surface area contributed by atoms with Crippen molar-refractivity contribution in [1.82, 2.24) is 5.32 Å². The minimum atomic E-state index is 0.591. The lowest BCUT2D eigenvalue weighted by Crippen LogP contribution is -2.26. The van der Waals surface area contributed by atoms with E-state index in [4.69, 9.17) is 4.42 Å². The summed E-state index contributed by atoms with van der Waals surface area (Å²) >= 11 is 0. The van der Waals surface area contributed by atoms with Gasteiger partial charge in [0.25, 0.3) is 0 Å². The normalized spacial score (nSPS) is 23.2. The molecule has 0 fully saturated rings. The van der Waals surface area contributed by atoms with Crippen LogP contribution in [0.25, 0.3) is 0 Å². The molecule has 1 N–H and O–H groups in total. The molecule has 11 heavy (non-hydrogen) atoms. The lowest BCUT2D eigenvalue weighted by molar-refractivity contribution is 0.410. The van der Waals surface area contributed by atoms with E-state index < -0.39 is 0 Å². The molecule has 0 radical (unpaired) electrons. The lowest BCUT2D eigenvalue weighted by Gasteiger charge is -2.20. The first-order valence-electron chi connectivity index (χ1n) is 4.18. The second-order valence-electron chi connectivity index (χ2n) is 3.05. The maximum Gasteiger partial charge on any atom is 0.112 e. The van der Waals surface area contributed by atoms with E-state index in [1.807, 2.05) is 0 Å². The molecule has 0 bridgehead atoms. The second-order valence-corrected chi connectivity index (χ2v) is 3.05. The highest BCUT2D eigenvalue weighted by Gasteiger charge is 2.20. The van der Waals surface area contributed by atoms with E-state index in [0.717, 1.165) is 19.5 Å². The minimum absolute atomic E-state index is 0.591. The van der Waals surface area contributed by atoms with E-state index >= 15 is 0 Å². The first kappa shape index (κ1) is 6.92. The van der Waals surface area contributed by atoms with Crippen LogP contribution in [0.5, 0.6) is 0 Å². The molecule has 0 saturated heterocycles. The van der Waals surface area contributed by atoms with Gasteiger partial charge in [-0.05, 0) is 12.5 Å². The zero-order valence-corrected chi connectivity index (χ0v) is 6.76. The number of hydrogen-bond acceptors (Lipinski definition) is 2. The molecule has 1 aromatic heterocycles. The lowest BCUT2D eigenvalue weighted by atomic mass is 9.97. The Balaban J connectivity index is 2.32. The Morgan fingerprint density at radius 1 is 1.73 bits per heavy atom. The maximum absolute atomic E-state index is 5.42. The molecule has 0 aliphatic carbocycles. The number of hydrogen-bond donors (Lipinski definition) is 1. The number of rotatable bonds is 1. The average molecular weight is 151 g/mol. The maximum atomic E-state index is 5.42. The summed E-state index contributed by atoms with van der Waals surface area (Å²) in [5.41, 5.74) is 1.34. The number of fused-ring (bicyclic) bond motifs is 1. The molecule has 0 aromatic carbocycles. The Kier molecular flexibility index (Phi) is 1.70. The average Bonchev–Trinajstić information content (AvgIpc) is 2.50. The molecule has 1 aliphatic heterocycles. The van der Waals surface area contributed by atoms with Gasteiger partial charge in [-0.3, -0.25) is 0 Å². The Morgan fingerprint density at radius 3 is 3.45 bits per heavy atom. The second kappa shape index (κ2) is 2.70. The first-order valence-corrected chi connectivity index (χ1v) is 4.18. The van der Waals surface area contributed by atoms with Crippen molar-refractivity contribution in [1.29, 1.82) is 0 Å². The molecule has 60 valence electrons. The summed E-state index contributed by atoms with van der Waals surface area (Å²) in [7, 11) is 0. The molecule has 1 atom stereocenters. The fourth-order valence-corrected chi connectivity index (χ4v) is 1.66. The van der Waals surface area contributed by atoms with Crippen LogP contribution < -0.4 is 5.32 Å². The highest BCUT2D eigenvalue weighted by atomic mass is 16.3. The van der Waals surface area contributed by atoms with Gasteiger partial charge in [0.15, 0.2) is 0 Å². The highest BCUT2D eigenvalue weighted by molar-refractivity contribution is 5.23. The van der Waals surface area contributed by atoms with Gasteiger partial charge in [0, 0.05) is 24.6 Å². The van der Waals surface area contributed by atoms with Crippen LogP contribution >= 0.6 is 0 Å². The third kappa shape index (κ3) is 1.07. The molecule has 2 heterocycles. The Hall–Kier alpha value is -0.760. The van der Waals surface area contributed by atoms with Crippen LogP contribution in [-0.4, -0.2) is 6.54 Å². The predicted molar refractivity (Wildman–Crippen MR) is 43.4 cm³/mol. The van der Waals surface area contributed by atoms with Gasteiger partial charge in [0.2, 0.25) is 0 Å². The molecule has 1 unspecified atom stereocenters. The van der Waals surface area contributed by atoms with E-state index in [9.17, 15) is 0 Å². The summed E-state index contributed by atoms with van der Waals surface area (Å²) < 4.78 is 5.42. The smallest absolute Gasteiger partial charge is 0.112 e. The van der Waals surface area contributed by atoms with E-state index in [1.165, 1.54) is 11.3 Å². The van der Waals surface area contributed by atoms with Gasteiger partial charge in [-0.25, -0.2) is 0 Å². The minimum Gasteiger partial charge on any atom is -0.469 e. The zero-order valence-electron chi connectivity index (χ0n) is 6.76. The molecule has 1 aliphatic rings. The molecule has 1 aromatic rings. The van der Waals surface area contributed by atoms with Crippen LogP contribution in [0.2, 0.25) is 0 Å². The molecule has 2 nitrogen and oxygen atoms in total. The standard InChI is InChI=1S/C9H13NO/c1-2-7-5-10-6-8-3-4-11-9(7)8/h3-4,7,10H,2,5-6H2,1H3. The van der Waals surface area contributed by atoms with Crippen molar-refractivity contribution in [2.75, 3.05) is 6.54 Å². The van der Waals surface area contributed by atoms with E-state index in [0.29, 0.717) is 5.92 Å². The molecule has 0 spiro atoms. The summed E-state index contributed by atoms with van der Waals surface area (Å²) in [4.78, 5) is 0. The van der Waals surface area contributed by atoms with Gasteiger partial charge < -0.3 is 9.73 Å². The van der Waals surface area contributed by atoms with Crippen LogP contribution in [0.4, 0.5) is 0 Å². The summed E-state index contributed by atoms with van der Waals surface area (Å²) in [6, 6.07) is 2.06. The van der Waals surface area contributed by atoms with E-state index in [-0.39, 0.29) is 0 Å². The molecule has 0 amide bonds. The quantitative estimate of drug-likeness (QED) is 0.663. The third-order valence-corrected chi connectivity index (χ3v) is 2.35. The Morgan fingerprint density at radius 2 is 2.64 bits per heavy atom. The van der Waals surface area contributed by atoms with E-state index in [2.05, 4.69) is 18.3 Å². The van der Waals surface area contributed by atoms with Gasteiger partial charge in [-0.15, -0.1) is 0 Å². The van der Waals surface area contributed by atoms with Crippen LogP contribution in [0.3, 0.4) is 0 Å². The summed E-state index contributed by atoms with van der Waals surface area (Å²) in [6.45, 7) is 4.24. The van der Waals surface area contributed by atoms with Crippen LogP contribution in [0.15, 0.2) is 16.7 Å². The summed E-state index contributed by atoms with van der Waals surface area (Å²) in [5.74, 6) is 1.79. The summed E-state index contributed by atoms with van der Waals surface area (Å²) in [6.07, 6.45) is 2.95. The van der Waals surface area contributed by atoms with Crippen LogP contribution in [0, 0.1) is 0 Å². The van der Waals surface area contributed by atoms with Crippen LogP contribution in [0.1, 0.15) is 30.6 Å². The molecule has 0 saturated carbocycles. The Labute approximate surface area is 66.6 Å². The van der Waals surface area contributed by atoms with Crippen molar-refractivity contribution in [2.45, 2.75) is 25.8 Å². The van der Waals surface area contributed by atoms with Gasteiger partial charge in [0.1, 0.15) is 5.76 Å². The van der Waals surface area contributed by atoms with Crippen molar-refractivity contribution >= 4 is 0 Å². The largest absolute Gasteiger partial charge is 0.469 e. The molecule has 2 rings (SSSR count). The number of furan rings is 1. The van der Waals surface area contributed by atoms with Crippen molar-refractivity contribution in [3.8, 4) is 0 Å². The van der Waals surface area contributed by atoms with Crippen molar-refractivity contribution in [3.63, 3.8) is 0 Å². The van der Waals surface area contributed by atoms with Crippen LogP contribution in [-0.2, 0) is 6.54 Å². The third-order valence-electron chi connectivity index (χ3n) is 2.35. The predicted octanol–water partition coefficient (Wildman–Crippen LogP) is 1.88. The topological polar surface area (TPSA) is 25.2 Å². The highest BCUT2D eigenvalue weighted by Crippen LogP contribution is 2.26. The molecular formula is C9H13NO. The molecular weight excluding hydrogens is 138 g/mol. The van der Waals surface area contributed by atoms with Gasteiger partial charge in [-0.2, -0.15) is 0 Å². The van der Waals surface area contributed by atoms with Gasteiger partial charge >= 0.3 is 0 Å². The van der Waals surface area contributed by atoms with Crippen molar-refractivity contribution in [3.05, 3.63) is 23.7 Å². The fourth-order valence-electron chi connectivity index (χ4n) is 1.66. The monoisotopic (exact) mass is 151 g/mol. The summed E-state index contributed by atoms with van der Waals surface area (Å²) in [5, 5.41) is 3.37. The van der Waals surface area contributed by atoms with Gasteiger partial charge in [0.05, 0.1) is 6.26 Å². The Bertz CT molecular complexity index is 241. The zero-order chi connectivity index (χ0) is 7.68. The molecule has 2 heteroatoms.